The highest BCUT2D eigenvalue weighted by Crippen LogP contribution is 2.23. The Morgan fingerprint density at radius 3 is 2.43 bits per heavy atom. The Morgan fingerprint density at radius 1 is 1.05 bits per heavy atom. The van der Waals surface area contributed by atoms with E-state index in [-0.39, 0.29) is 11.4 Å². The second kappa shape index (κ2) is 6.41. The maximum absolute atomic E-state index is 11.8. The number of phenols is 1. The molecule has 0 saturated heterocycles. The molecule has 0 aromatic heterocycles. The molecule has 0 bridgehead atoms. The fourth-order valence-corrected chi connectivity index (χ4v) is 2.08. The van der Waals surface area contributed by atoms with E-state index in [1.807, 2.05) is 6.92 Å². The number of carbonyl (C=O) groups excluding carboxylic acids is 2. The summed E-state index contributed by atoms with van der Waals surface area (Å²) in [5.74, 6) is -1.75. The van der Waals surface area contributed by atoms with Gasteiger partial charge in [0.2, 0.25) is 0 Å². The predicted molar refractivity (Wildman–Crippen MR) is 84.2 cm³/mol. The highest BCUT2D eigenvalue weighted by atomic mass is 79.9. The molecule has 2 amide bonds. The molecule has 0 aliphatic carbocycles. The minimum atomic E-state index is -0.853. The lowest BCUT2D eigenvalue weighted by Crippen LogP contribution is -2.29. The number of hydrogen-bond donors (Lipinski definition) is 3. The van der Waals surface area contributed by atoms with Crippen LogP contribution in [0.15, 0.2) is 46.9 Å². The van der Waals surface area contributed by atoms with Gasteiger partial charge in [0.1, 0.15) is 5.75 Å². The number of rotatable bonds is 2. The quantitative estimate of drug-likeness (QED) is 0.576. The normalized spacial score (nSPS) is 10.0. The summed E-state index contributed by atoms with van der Waals surface area (Å²) in [7, 11) is 0. The van der Waals surface area contributed by atoms with Crippen molar-refractivity contribution in [1.82, 2.24) is 0 Å². The molecule has 0 fully saturated rings. The number of aryl methyl sites for hydroxylation is 1. The second-order valence-corrected chi connectivity index (χ2v) is 5.35. The van der Waals surface area contributed by atoms with Crippen molar-refractivity contribution in [3.8, 4) is 5.75 Å². The molecule has 2 aromatic carbocycles. The predicted octanol–water partition coefficient (Wildman–Crippen LogP) is 3.04. The summed E-state index contributed by atoms with van der Waals surface area (Å²) >= 11 is 3.27. The van der Waals surface area contributed by atoms with Gasteiger partial charge in [-0.1, -0.05) is 28.1 Å². The third kappa shape index (κ3) is 4.06. The molecule has 0 heterocycles. The highest BCUT2D eigenvalue weighted by Gasteiger charge is 2.15. The largest absolute Gasteiger partial charge is 0.506 e. The van der Waals surface area contributed by atoms with Crippen LogP contribution in [0.5, 0.6) is 5.75 Å². The summed E-state index contributed by atoms with van der Waals surface area (Å²) in [6.45, 7) is 1.81. The summed E-state index contributed by atoms with van der Waals surface area (Å²) in [6.07, 6.45) is 0. The summed E-state index contributed by atoms with van der Waals surface area (Å²) in [5, 5.41) is 14.5. The number of benzene rings is 2. The van der Waals surface area contributed by atoms with E-state index in [1.165, 1.54) is 12.1 Å². The lowest BCUT2D eigenvalue weighted by atomic mass is 10.2. The Morgan fingerprint density at radius 2 is 1.76 bits per heavy atom. The zero-order valence-electron chi connectivity index (χ0n) is 11.2. The molecule has 5 nitrogen and oxygen atoms in total. The van der Waals surface area contributed by atoms with Gasteiger partial charge in [-0.2, -0.15) is 0 Å². The first kappa shape index (κ1) is 15.1. The van der Waals surface area contributed by atoms with Gasteiger partial charge in [-0.15, -0.1) is 0 Å². The lowest BCUT2D eigenvalue weighted by Gasteiger charge is -2.08. The molecular weight excluding hydrogens is 336 g/mol. The van der Waals surface area contributed by atoms with Crippen molar-refractivity contribution in [2.75, 3.05) is 10.6 Å². The van der Waals surface area contributed by atoms with E-state index < -0.39 is 11.8 Å². The van der Waals surface area contributed by atoms with Crippen LogP contribution in [0.4, 0.5) is 11.4 Å². The maximum Gasteiger partial charge on any atom is 0.314 e. The molecule has 0 radical (unpaired) electrons. The van der Waals surface area contributed by atoms with Crippen LogP contribution in [-0.4, -0.2) is 16.9 Å². The van der Waals surface area contributed by atoms with Gasteiger partial charge in [0.15, 0.2) is 0 Å². The van der Waals surface area contributed by atoms with Gasteiger partial charge < -0.3 is 15.7 Å². The van der Waals surface area contributed by atoms with Gasteiger partial charge in [-0.25, -0.2) is 0 Å². The van der Waals surface area contributed by atoms with E-state index in [1.54, 1.807) is 30.3 Å². The first-order valence-corrected chi connectivity index (χ1v) is 6.92. The fraction of sp³-hybridized carbons (Fsp3) is 0.0667. The molecule has 21 heavy (non-hydrogen) atoms. The van der Waals surface area contributed by atoms with Crippen molar-refractivity contribution in [3.63, 3.8) is 0 Å². The Hall–Kier alpha value is -2.34. The fourth-order valence-electron chi connectivity index (χ4n) is 1.68. The molecule has 0 atom stereocenters. The van der Waals surface area contributed by atoms with Crippen LogP contribution in [0.25, 0.3) is 0 Å². The standard InChI is InChI=1S/C15H13BrN2O3/c1-9-5-6-12(13(19)7-9)18-15(21)14(20)17-11-4-2-3-10(16)8-11/h2-8,19H,1H3,(H,17,20)(H,18,21). The van der Waals surface area contributed by atoms with Crippen molar-refractivity contribution in [2.24, 2.45) is 0 Å². The molecule has 0 aliphatic heterocycles. The lowest BCUT2D eigenvalue weighted by molar-refractivity contribution is -0.133. The summed E-state index contributed by atoms with van der Waals surface area (Å²) in [4.78, 5) is 23.6. The van der Waals surface area contributed by atoms with Crippen LogP contribution in [0.3, 0.4) is 0 Å². The van der Waals surface area contributed by atoms with Gasteiger partial charge in [-0.3, -0.25) is 9.59 Å². The maximum atomic E-state index is 11.8. The molecule has 2 aromatic rings. The zero-order chi connectivity index (χ0) is 15.4. The number of aromatic hydroxyl groups is 1. The summed E-state index contributed by atoms with van der Waals surface area (Å²) < 4.78 is 0.789. The third-order valence-electron chi connectivity index (χ3n) is 2.69. The average Bonchev–Trinajstić information content (AvgIpc) is 2.41. The minimum absolute atomic E-state index is 0.0846. The van der Waals surface area contributed by atoms with Crippen molar-refractivity contribution >= 4 is 39.1 Å². The first-order valence-electron chi connectivity index (χ1n) is 6.13. The monoisotopic (exact) mass is 348 g/mol. The van der Waals surface area contributed by atoms with E-state index in [9.17, 15) is 14.7 Å². The Labute approximate surface area is 130 Å². The van der Waals surface area contributed by atoms with Crippen LogP contribution in [-0.2, 0) is 9.59 Å². The minimum Gasteiger partial charge on any atom is -0.506 e. The van der Waals surface area contributed by atoms with Crippen molar-refractivity contribution < 1.29 is 14.7 Å². The molecule has 0 aliphatic rings. The Bertz CT molecular complexity index is 701. The van der Waals surface area contributed by atoms with E-state index in [4.69, 9.17) is 0 Å². The number of halogens is 1. The van der Waals surface area contributed by atoms with Gasteiger partial charge in [0.25, 0.3) is 0 Å². The van der Waals surface area contributed by atoms with Crippen LogP contribution < -0.4 is 10.6 Å². The van der Waals surface area contributed by atoms with Gasteiger partial charge in [-0.05, 0) is 42.8 Å². The SMILES string of the molecule is Cc1ccc(NC(=O)C(=O)Nc2cccc(Br)c2)c(O)c1. The number of hydrogen-bond acceptors (Lipinski definition) is 3. The van der Waals surface area contributed by atoms with Gasteiger partial charge in [0.05, 0.1) is 5.69 Å². The van der Waals surface area contributed by atoms with Crippen LogP contribution in [0, 0.1) is 6.92 Å². The number of nitrogens with one attached hydrogen (secondary N) is 2. The molecule has 0 unspecified atom stereocenters. The molecule has 0 spiro atoms. The van der Waals surface area contributed by atoms with Crippen LogP contribution in [0.1, 0.15) is 5.56 Å². The van der Waals surface area contributed by atoms with E-state index >= 15 is 0 Å². The van der Waals surface area contributed by atoms with E-state index in [0.29, 0.717) is 5.69 Å². The molecule has 0 saturated carbocycles. The topological polar surface area (TPSA) is 78.4 Å². The number of carbonyl (C=O) groups is 2. The van der Waals surface area contributed by atoms with E-state index in [2.05, 4.69) is 26.6 Å². The molecule has 6 heteroatoms. The summed E-state index contributed by atoms with van der Waals surface area (Å²) in [5.41, 5.74) is 1.54. The van der Waals surface area contributed by atoms with Crippen molar-refractivity contribution in [1.29, 1.82) is 0 Å². The van der Waals surface area contributed by atoms with Gasteiger partial charge >= 0.3 is 11.8 Å². The second-order valence-electron chi connectivity index (χ2n) is 4.44. The molecule has 108 valence electrons. The third-order valence-corrected chi connectivity index (χ3v) is 3.18. The Kier molecular flexibility index (Phi) is 4.59. The number of anilines is 2. The van der Waals surface area contributed by atoms with Crippen molar-refractivity contribution in [3.05, 3.63) is 52.5 Å². The zero-order valence-corrected chi connectivity index (χ0v) is 12.8. The smallest absolute Gasteiger partial charge is 0.314 e. The van der Waals surface area contributed by atoms with Gasteiger partial charge in [0, 0.05) is 10.2 Å². The Balaban J connectivity index is 2.04. The first-order chi connectivity index (χ1) is 9.95. The summed E-state index contributed by atoms with van der Waals surface area (Å²) in [6, 6.07) is 11.6. The molecule has 3 N–H and O–H groups in total. The molecule has 2 rings (SSSR count). The average molecular weight is 349 g/mol. The number of amides is 2. The van der Waals surface area contributed by atoms with E-state index in [0.717, 1.165) is 10.0 Å². The number of phenolic OH excluding ortho intramolecular Hbond substituents is 1. The van der Waals surface area contributed by atoms with Crippen LogP contribution in [0.2, 0.25) is 0 Å². The van der Waals surface area contributed by atoms with Crippen molar-refractivity contribution in [2.45, 2.75) is 6.92 Å². The molecular formula is C15H13BrN2O3. The highest BCUT2D eigenvalue weighted by molar-refractivity contribution is 9.10. The van der Waals surface area contributed by atoms with Crippen LogP contribution >= 0.6 is 15.9 Å².